The predicted octanol–water partition coefficient (Wildman–Crippen LogP) is 2.45. The van der Waals surface area contributed by atoms with E-state index in [0.29, 0.717) is 10.8 Å². The Morgan fingerprint density at radius 1 is 1.07 bits per heavy atom. The van der Waals surface area contributed by atoms with Crippen molar-refractivity contribution in [2.24, 2.45) is 0 Å². The molecule has 0 atom stereocenters. The van der Waals surface area contributed by atoms with Crippen molar-refractivity contribution in [3.63, 3.8) is 0 Å². The van der Waals surface area contributed by atoms with E-state index in [9.17, 15) is 14.0 Å². The number of carbonyl (C=O) groups excluding carboxylic acids is 2. The number of aromatic nitrogens is 2. The summed E-state index contributed by atoms with van der Waals surface area (Å²) in [6.07, 6.45) is 0. The van der Waals surface area contributed by atoms with Gasteiger partial charge in [-0.05, 0) is 24.3 Å². The number of nitrogens with zero attached hydrogens (tertiary/aromatic N) is 2. The molecule has 2 aromatic carbocycles. The van der Waals surface area contributed by atoms with Crippen LogP contribution in [0, 0.1) is 5.82 Å². The summed E-state index contributed by atoms with van der Waals surface area (Å²) < 4.78 is 23.9. The minimum atomic E-state index is -0.637. The lowest BCUT2D eigenvalue weighted by atomic mass is 10.2. The van der Waals surface area contributed by atoms with Crippen molar-refractivity contribution >= 4 is 23.4 Å². The van der Waals surface area contributed by atoms with E-state index in [-0.39, 0.29) is 42.9 Å². The molecule has 0 spiro atoms. The lowest BCUT2D eigenvalue weighted by Gasteiger charge is -2.08. The van der Waals surface area contributed by atoms with E-state index in [1.54, 1.807) is 30.3 Å². The van der Waals surface area contributed by atoms with Gasteiger partial charge in [0.1, 0.15) is 11.6 Å². The average molecular weight is 419 g/mol. The zero-order valence-electron chi connectivity index (χ0n) is 15.0. The van der Waals surface area contributed by atoms with E-state index in [1.807, 2.05) is 0 Å². The van der Waals surface area contributed by atoms with E-state index in [0.717, 1.165) is 0 Å². The number of ether oxygens (including phenoxy) is 1. The van der Waals surface area contributed by atoms with Crippen molar-refractivity contribution in [3.8, 4) is 17.1 Å². The molecule has 0 fully saturated rings. The molecule has 10 heteroatoms. The van der Waals surface area contributed by atoms with Gasteiger partial charge in [-0.2, -0.15) is 4.98 Å². The Bertz CT molecular complexity index is 1010. The Morgan fingerprint density at radius 3 is 2.59 bits per heavy atom. The second-order valence-corrected chi connectivity index (χ2v) is 6.14. The number of amides is 2. The Morgan fingerprint density at radius 2 is 1.79 bits per heavy atom. The van der Waals surface area contributed by atoms with Crippen LogP contribution in [0.25, 0.3) is 11.4 Å². The van der Waals surface area contributed by atoms with Gasteiger partial charge in [0.15, 0.2) is 6.61 Å². The smallest absolute Gasteiger partial charge is 0.316 e. The third-order valence-corrected chi connectivity index (χ3v) is 3.98. The molecule has 2 amide bonds. The van der Waals surface area contributed by atoms with Crippen LogP contribution in [0.4, 0.5) is 4.39 Å². The molecule has 3 rings (SSSR count). The first-order valence-electron chi connectivity index (χ1n) is 8.55. The van der Waals surface area contributed by atoms with E-state index < -0.39 is 11.7 Å². The van der Waals surface area contributed by atoms with Crippen LogP contribution >= 0.6 is 11.6 Å². The highest BCUT2D eigenvalue weighted by atomic mass is 35.5. The SMILES string of the molecule is O=C(COc1ccccc1Cl)NCCNC(=O)c1nc(-c2ccccc2F)no1. The number of para-hydroxylation sites is 1. The van der Waals surface area contributed by atoms with Crippen LogP contribution in [0.15, 0.2) is 53.1 Å². The first-order valence-corrected chi connectivity index (χ1v) is 8.93. The summed E-state index contributed by atoms with van der Waals surface area (Å²) in [5.74, 6) is -1.47. The summed E-state index contributed by atoms with van der Waals surface area (Å²) in [7, 11) is 0. The van der Waals surface area contributed by atoms with Gasteiger partial charge >= 0.3 is 11.8 Å². The van der Waals surface area contributed by atoms with Gasteiger partial charge in [-0.15, -0.1) is 0 Å². The van der Waals surface area contributed by atoms with Crippen LogP contribution in [-0.2, 0) is 4.79 Å². The molecule has 0 radical (unpaired) electrons. The molecule has 8 nitrogen and oxygen atoms in total. The highest BCUT2D eigenvalue weighted by Crippen LogP contribution is 2.22. The third-order valence-electron chi connectivity index (χ3n) is 3.66. The highest BCUT2D eigenvalue weighted by Gasteiger charge is 2.17. The molecule has 29 heavy (non-hydrogen) atoms. The van der Waals surface area contributed by atoms with Gasteiger partial charge in [0, 0.05) is 13.1 Å². The molecule has 0 aliphatic rings. The number of hydrogen-bond acceptors (Lipinski definition) is 6. The summed E-state index contributed by atoms with van der Waals surface area (Å²) in [6.45, 7) is 0.0617. The van der Waals surface area contributed by atoms with Crippen LogP contribution < -0.4 is 15.4 Å². The molecule has 3 aromatic rings. The van der Waals surface area contributed by atoms with Crippen LogP contribution in [-0.4, -0.2) is 41.7 Å². The molecule has 150 valence electrons. The maximum absolute atomic E-state index is 13.7. The van der Waals surface area contributed by atoms with Gasteiger partial charge in [-0.3, -0.25) is 9.59 Å². The van der Waals surface area contributed by atoms with Crippen molar-refractivity contribution in [3.05, 3.63) is 65.3 Å². The molecular weight excluding hydrogens is 403 g/mol. The number of benzene rings is 2. The van der Waals surface area contributed by atoms with Crippen LogP contribution in [0.2, 0.25) is 5.02 Å². The summed E-state index contributed by atoms with van der Waals surface area (Å²) in [4.78, 5) is 27.7. The number of rotatable bonds is 8. The summed E-state index contributed by atoms with van der Waals surface area (Å²) in [5.41, 5.74) is 0.126. The normalized spacial score (nSPS) is 10.4. The molecule has 0 aliphatic heterocycles. The van der Waals surface area contributed by atoms with Crippen molar-refractivity contribution in [1.82, 2.24) is 20.8 Å². The van der Waals surface area contributed by atoms with E-state index in [2.05, 4.69) is 20.8 Å². The maximum atomic E-state index is 13.7. The third kappa shape index (κ3) is 5.52. The number of carbonyl (C=O) groups is 2. The Kier molecular flexibility index (Phi) is 6.75. The summed E-state index contributed by atoms with van der Waals surface area (Å²) >= 11 is 5.93. The van der Waals surface area contributed by atoms with Gasteiger partial charge in [-0.1, -0.05) is 41.0 Å². The Labute approximate surface area is 170 Å². The average Bonchev–Trinajstić information content (AvgIpc) is 3.21. The fraction of sp³-hybridized carbons (Fsp3) is 0.158. The van der Waals surface area contributed by atoms with Crippen molar-refractivity contribution < 1.29 is 23.2 Å². The van der Waals surface area contributed by atoms with Gasteiger partial charge in [0.25, 0.3) is 5.91 Å². The zero-order valence-corrected chi connectivity index (χ0v) is 15.8. The molecule has 0 bridgehead atoms. The monoisotopic (exact) mass is 418 g/mol. The van der Waals surface area contributed by atoms with Crippen LogP contribution in [0.5, 0.6) is 5.75 Å². The fourth-order valence-corrected chi connectivity index (χ4v) is 2.47. The molecule has 1 aromatic heterocycles. The minimum absolute atomic E-state index is 0.0294. The maximum Gasteiger partial charge on any atom is 0.316 e. The second kappa shape index (κ2) is 9.65. The predicted molar refractivity (Wildman–Crippen MR) is 102 cm³/mol. The van der Waals surface area contributed by atoms with Crippen LogP contribution in [0.3, 0.4) is 0 Å². The lowest BCUT2D eigenvalue weighted by molar-refractivity contribution is -0.123. The molecule has 0 saturated carbocycles. The van der Waals surface area contributed by atoms with E-state index in [1.165, 1.54) is 18.2 Å². The highest BCUT2D eigenvalue weighted by molar-refractivity contribution is 6.32. The quantitative estimate of drug-likeness (QED) is 0.544. The zero-order chi connectivity index (χ0) is 20.6. The van der Waals surface area contributed by atoms with Crippen LogP contribution in [0.1, 0.15) is 10.7 Å². The number of halogens is 2. The van der Waals surface area contributed by atoms with Crippen molar-refractivity contribution in [2.45, 2.75) is 0 Å². The Balaban J connectivity index is 1.41. The van der Waals surface area contributed by atoms with Gasteiger partial charge in [0.05, 0.1) is 10.6 Å². The largest absolute Gasteiger partial charge is 0.482 e. The van der Waals surface area contributed by atoms with Gasteiger partial charge < -0.3 is 19.9 Å². The Hall–Kier alpha value is -3.46. The van der Waals surface area contributed by atoms with Crippen molar-refractivity contribution in [1.29, 1.82) is 0 Å². The van der Waals surface area contributed by atoms with Crippen molar-refractivity contribution in [2.75, 3.05) is 19.7 Å². The molecule has 1 heterocycles. The summed E-state index contributed by atoms with van der Waals surface area (Å²) in [5, 5.41) is 9.10. The second-order valence-electron chi connectivity index (χ2n) is 5.73. The lowest BCUT2D eigenvalue weighted by Crippen LogP contribution is -2.36. The summed E-state index contributed by atoms with van der Waals surface area (Å²) in [6, 6.07) is 12.7. The molecule has 2 N–H and O–H groups in total. The minimum Gasteiger partial charge on any atom is -0.482 e. The number of nitrogens with one attached hydrogen (secondary N) is 2. The molecule has 0 unspecified atom stereocenters. The van der Waals surface area contributed by atoms with Gasteiger partial charge in [-0.25, -0.2) is 4.39 Å². The first kappa shape index (κ1) is 20.3. The number of hydrogen-bond donors (Lipinski definition) is 2. The van der Waals surface area contributed by atoms with E-state index >= 15 is 0 Å². The molecular formula is C19H16ClFN4O4. The topological polar surface area (TPSA) is 106 Å². The fourth-order valence-electron chi connectivity index (χ4n) is 2.28. The van der Waals surface area contributed by atoms with E-state index in [4.69, 9.17) is 20.9 Å². The molecule has 0 aliphatic carbocycles. The molecule has 0 saturated heterocycles. The standard InChI is InChI=1S/C19H16ClFN4O4/c20-13-6-2-4-8-15(13)28-11-16(26)22-9-10-23-18(27)19-24-17(25-29-19)12-5-1-3-7-14(12)21/h1-8H,9-11H2,(H,22,26)(H,23,27). The first-order chi connectivity index (χ1) is 14.0. The van der Waals surface area contributed by atoms with Gasteiger partial charge in [0.2, 0.25) is 5.82 Å².